The number of nitrogens with two attached hydrogens (primary N) is 1. The third-order valence-corrected chi connectivity index (χ3v) is 3.32. The summed E-state index contributed by atoms with van der Waals surface area (Å²) in [6, 6.07) is 2.79. The van der Waals surface area contributed by atoms with Crippen molar-refractivity contribution in [2.75, 3.05) is 37.2 Å². The van der Waals surface area contributed by atoms with Crippen LogP contribution in [-0.4, -0.2) is 31.1 Å². The molecule has 2 rings (SSSR count). The SMILES string of the molecule is Nc1cc(Cl)c(F)cc1NCCN1CCCC1. The summed E-state index contributed by atoms with van der Waals surface area (Å²) in [6.45, 7) is 4.05. The van der Waals surface area contributed by atoms with Gasteiger partial charge in [-0.2, -0.15) is 0 Å². The molecule has 3 nitrogen and oxygen atoms in total. The van der Waals surface area contributed by atoms with Gasteiger partial charge in [0.15, 0.2) is 0 Å². The lowest BCUT2D eigenvalue weighted by molar-refractivity contribution is 0.352. The first-order chi connectivity index (χ1) is 8.16. The van der Waals surface area contributed by atoms with Gasteiger partial charge >= 0.3 is 0 Å². The summed E-state index contributed by atoms with van der Waals surface area (Å²) in [5.41, 5.74) is 6.86. The van der Waals surface area contributed by atoms with E-state index in [9.17, 15) is 4.39 Å². The third kappa shape index (κ3) is 3.23. The molecule has 0 unspecified atom stereocenters. The molecule has 0 atom stereocenters. The van der Waals surface area contributed by atoms with Gasteiger partial charge in [0.05, 0.1) is 16.4 Å². The number of nitrogen functional groups attached to an aromatic ring is 1. The molecule has 1 fully saturated rings. The van der Waals surface area contributed by atoms with E-state index in [2.05, 4.69) is 10.2 Å². The Bertz CT molecular complexity index is 392. The zero-order valence-corrected chi connectivity index (χ0v) is 10.4. The highest BCUT2D eigenvalue weighted by molar-refractivity contribution is 6.31. The lowest BCUT2D eigenvalue weighted by Gasteiger charge is -2.16. The second-order valence-electron chi connectivity index (χ2n) is 4.33. The molecular weight excluding hydrogens is 241 g/mol. The molecule has 1 aromatic carbocycles. The summed E-state index contributed by atoms with van der Waals surface area (Å²) in [4.78, 5) is 2.38. The van der Waals surface area contributed by atoms with E-state index >= 15 is 0 Å². The van der Waals surface area contributed by atoms with Crippen LogP contribution in [0.25, 0.3) is 0 Å². The number of rotatable bonds is 4. The quantitative estimate of drug-likeness (QED) is 0.815. The van der Waals surface area contributed by atoms with Crippen molar-refractivity contribution in [3.63, 3.8) is 0 Å². The molecule has 3 N–H and O–H groups in total. The number of benzene rings is 1. The topological polar surface area (TPSA) is 41.3 Å². The van der Waals surface area contributed by atoms with Crippen molar-refractivity contribution in [3.8, 4) is 0 Å². The van der Waals surface area contributed by atoms with Crippen LogP contribution in [0.3, 0.4) is 0 Å². The summed E-state index contributed by atoms with van der Waals surface area (Å²) in [5, 5.41) is 3.21. The molecule has 1 aliphatic heterocycles. The fourth-order valence-corrected chi connectivity index (χ4v) is 2.24. The van der Waals surface area contributed by atoms with E-state index in [0.29, 0.717) is 11.4 Å². The van der Waals surface area contributed by atoms with Gasteiger partial charge < -0.3 is 16.0 Å². The second-order valence-corrected chi connectivity index (χ2v) is 4.74. The van der Waals surface area contributed by atoms with Crippen molar-refractivity contribution in [2.45, 2.75) is 12.8 Å². The maximum Gasteiger partial charge on any atom is 0.143 e. The zero-order chi connectivity index (χ0) is 12.3. The predicted octanol–water partition coefficient (Wildman–Crippen LogP) is 2.57. The van der Waals surface area contributed by atoms with Crippen molar-refractivity contribution in [1.29, 1.82) is 0 Å². The van der Waals surface area contributed by atoms with Crippen molar-refractivity contribution in [3.05, 3.63) is 23.0 Å². The molecule has 1 aromatic rings. The summed E-state index contributed by atoms with van der Waals surface area (Å²) >= 11 is 5.63. The summed E-state index contributed by atoms with van der Waals surface area (Å²) in [6.07, 6.45) is 2.55. The van der Waals surface area contributed by atoms with Crippen LogP contribution < -0.4 is 11.1 Å². The molecule has 0 saturated carbocycles. The fourth-order valence-electron chi connectivity index (χ4n) is 2.07. The Kier molecular flexibility index (Phi) is 4.07. The van der Waals surface area contributed by atoms with E-state index < -0.39 is 5.82 Å². The number of nitrogens with zero attached hydrogens (tertiary/aromatic N) is 1. The molecule has 0 amide bonds. The molecule has 1 heterocycles. The summed E-state index contributed by atoms with van der Waals surface area (Å²) < 4.78 is 13.2. The first-order valence-corrected chi connectivity index (χ1v) is 6.25. The van der Waals surface area contributed by atoms with Gasteiger partial charge in [-0.15, -0.1) is 0 Å². The Hall–Kier alpha value is -1.00. The lowest BCUT2D eigenvalue weighted by Crippen LogP contribution is -2.26. The Balaban J connectivity index is 1.87. The van der Waals surface area contributed by atoms with E-state index in [-0.39, 0.29) is 5.02 Å². The van der Waals surface area contributed by atoms with E-state index in [1.807, 2.05) is 0 Å². The van der Waals surface area contributed by atoms with Crippen molar-refractivity contribution in [1.82, 2.24) is 4.90 Å². The molecule has 1 saturated heterocycles. The number of likely N-dealkylation sites (tertiary alicyclic amines) is 1. The average Bonchev–Trinajstić information content (AvgIpc) is 2.78. The number of hydrogen-bond donors (Lipinski definition) is 2. The molecule has 0 radical (unpaired) electrons. The average molecular weight is 258 g/mol. The van der Waals surface area contributed by atoms with Gasteiger partial charge in [0.25, 0.3) is 0 Å². The second kappa shape index (κ2) is 5.56. The minimum atomic E-state index is -0.440. The van der Waals surface area contributed by atoms with E-state index in [1.165, 1.54) is 25.0 Å². The predicted molar refractivity (Wildman–Crippen MR) is 70.0 cm³/mol. The van der Waals surface area contributed by atoms with Gasteiger partial charge in [-0.05, 0) is 32.0 Å². The molecule has 0 aliphatic carbocycles. The summed E-state index contributed by atoms with van der Waals surface area (Å²) in [7, 11) is 0. The molecule has 94 valence electrons. The molecular formula is C12H17ClFN3. The van der Waals surface area contributed by atoms with Gasteiger partial charge in [0, 0.05) is 19.2 Å². The fraction of sp³-hybridized carbons (Fsp3) is 0.500. The normalized spacial score (nSPS) is 16.4. The number of anilines is 2. The monoisotopic (exact) mass is 257 g/mol. The summed E-state index contributed by atoms with van der Waals surface area (Å²) in [5.74, 6) is -0.440. The van der Waals surface area contributed by atoms with Gasteiger partial charge in [-0.3, -0.25) is 0 Å². The zero-order valence-electron chi connectivity index (χ0n) is 9.68. The van der Waals surface area contributed by atoms with Crippen molar-refractivity contribution >= 4 is 23.0 Å². The Morgan fingerprint density at radius 2 is 2.06 bits per heavy atom. The maximum absolute atomic E-state index is 13.2. The molecule has 5 heteroatoms. The minimum Gasteiger partial charge on any atom is -0.397 e. The molecule has 1 aliphatic rings. The van der Waals surface area contributed by atoms with E-state index in [4.69, 9.17) is 17.3 Å². The standard InChI is InChI=1S/C12H17ClFN3/c13-9-7-11(15)12(8-10(9)14)16-3-6-17-4-1-2-5-17/h7-8,16H,1-6,15H2. The van der Waals surface area contributed by atoms with E-state index in [0.717, 1.165) is 26.2 Å². The van der Waals surface area contributed by atoms with Crippen LogP contribution >= 0.6 is 11.6 Å². The van der Waals surface area contributed by atoms with Gasteiger partial charge in [0.1, 0.15) is 5.82 Å². The maximum atomic E-state index is 13.2. The van der Waals surface area contributed by atoms with Crippen molar-refractivity contribution in [2.24, 2.45) is 0 Å². The number of halogens is 2. The largest absolute Gasteiger partial charge is 0.397 e. The smallest absolute Gasteiger partial charge is 0.143 e. The van der Waals surface area contributed by atoms with Crippen LogP contribution in [0, 0.1) is 5.82 Å². The molecule has 0 spiro atoms. The Labute approximate surface area is 106 Å². The number of nitrogens with one attached hydrogen (secondary N) is 1. The van der Waals surface area contributed by atoms with Gasteiger partial charge in [0.2, 0.25) is 0 Å². The number of hydrogen-bond acceptors (Lipinski definition) is 3. The van der Waals surface area contributed by atoms with Crippen LogP contribution in [0.5, 0.6) is 0 Å². The Morgan fingerprint density at radius 1 is 1.35 bits per heavy atom. The Morgan fingerprint density at radius 3 is 2.76 bits per heavy atom. The van der Waals surface area contributed by atoms with Crippen LogP contribution in [-0.2, 0) is 0 Å². The third-order valence-electron chi connectivity index (χ3n) is 3.03. The molecule has 17 heavy (non-hydrogen) atoms. The molecule has 0 bridgehead atoms. The first-order valence-electron chi connectivity index (χ1n) is 5.87. The van der Waals surface area contributed by atoms with Crippen LogP contribution in [0.15, 0.2) is 12.1 Å². The van der Waals surface area contributed by atoms with Crippen LogP contribution in [0.2, 0.25) is 5.02 Å². The minimum absolute atomic E-state index is 0.0626. The van der Waals surface area contributed by atoms with Crippen LogP contribution in [0.1, 0.15) is 12.8 Å². The highest BCUT2D eigenvalue weighted by Gasteiger charge is 2.11. The highest BCUT2D eigenvalue weighted by atomic mass is 35.5. The van der Waals surface area contributed by atoms with E-state index in [1.54, 1.807) is 0 Å². The van der Waals surface area contributed by atoms with Crippen LogP contribution in [0.4, 0.5) is 15.8 Å². The van der Waals surface area contributed by atoms with Gasteiger partial charge in [-0.1, -0.05) is 11.6 Å². The lowest BCUT2D eigenvalue weighted by atomic mass is 10.2. The first kappa shape index (κ1) is 12.5. The highest BCUT2D eigenvalue weighted by Crippen LogP contribution is 2.25. The van der Waals surface area contributed by atoms with Gasteiger partial charge in [-0.25, -0.2) is 4.39 Å². The molecule has 0 aromatic heterocycles. The van der Waals surface area contributed by atoms with Crippen molar-refractivity contribution < 1.29 is 4.39 Å².